The molecule has 19 heavy (non-hydrogen) atoms. The number of hydrogen-bond donors (Lipinski definition) is 1. The van der Waals surface area contributed by atoms with Crippen molar-refractivity contribution in [2.45, 2.75) is 18.9 Å². The number of hydrogen-bond acceptors (Lipinski definition) is 4. The molecule has 2 rings (SSSR count). The highest BCUT2D eigenvalue weighted by atomic mass is 16.5. The Morgan fingerprint density at radius 2 is 2.11 bits per heavy atom. The van der Waals surface area contributed by atoms with Gasteiger partial charge < -0.3 is 20.1 Å². The summed E-state index contributed by atoms with van der Waals surface area (Å²) in [5, 5.41) is 0. The van der Waals surface area contributed by atoms with Crippen LogP contribution in [-0.4, -0.2) is 44.2 Å². The molecule has 5 heteroatoms. The minimum Gasteiger partial charge on any atom is -0.495 e. The Hall–Kier alpha value is -1.75. The van der Waals surface area contributed by atoms with E-state index in [0.29, 0.717) is 30.2 Å². The van der Waals surface area contributed by atoms with Crippen LogP contribution in [0.3, 0.4) is 0 Å². The number of nitrogens with zero attached hydrogens (tertiary/aromatic N) is 1. The standard InChI is InChI=1S/C14H20N2O3/c1-16(11-5-7-19-8-6-11)14(17)10-3-4-13(18-2)12(15)9-10/h3-4,9,11H,5-8,15H2,1-2H3. The Labute approximate surface area is 113 Å². The van der Waals surface area contributed by atoms with E-state index in [-0.39, 0.29) is 11.9 Å². The predicted molar refractivity (Wildman–Crippen MR) is 73.3 cm³/mol. The van der Waals surface area contributed by atoms with Crippen molar-refractivity contribution in [3.63, 3.8) is 0 Å². The molecule has 1 saturated heterocycles. The largest absolute Gasteiger partial charge is 0.495 e. The first-order valence-electron chi connectivity index (χ1n) is 6.42. The Bertz CT molecular complexity index is 456. The smallest absolute Gasteiger partial charge is 0.253 e. The van der Waals surface area contributed by atoms with Gasteiger partial charge in [0, 0.05) is 31.9 Å². The molecule has 1 aliphatic heterocycles. The summed E-state index contributed by atoms with van der Waals surface area (Å²) in [5.41, 5.74) is 6.90. The summed E-state index contributed by atoms with van der Waals surface area (Å²) in [5.74, 6) is 0.575. The lowest BCUT2D eigenvalue weighted by atomic mass is 10.1. The molecule has 0 aromatic heterocycles. The molecular formula is C14H20N2O3. The van der Waals surface area contributed by atoms with Gasteiger partial charge >= 0.3 is 0 Å². The van der Waals surface area contributed by atoms with Crippen LogP contribution >= 0.6 is 0 Å². The summed E-state index contributed by atoms with van der Waals surface area (Å²) in [6.07, 6.45) is 1.77. The van der Waals surface area contributed by atoms with E-state index in [1.54, 1.807) is 30.2 Å². The highest BCUT2D eigenvalue weighted by molar-refractivity contribution is 5.95. The van der Waals surface area contributed by atoms with E-state index in [0.717, 1.165) is 12.8 Å². The zero-order valence-electron chi connectivity index (χ0n) is 11.4. The molecule has 0 bridgehead atoms. The Kier molecular flexibility index (Phi) is 4.27. The van der Waals surface area contributed by atoms with Gasteiger partial charge in [-0.2, -0.15) is 0 Å². The fourth-order valence-corrected chi connectivity index (χ4v) is 2.31. The van der Waals surface area contributed by atoms with Crippen LogP contribution in [0, 0.1) is 0 Å². The van der Waals surface area contributed by atoms with Crippen LogP contribution in [0.4, 0.5) is 5.69 Å². The van der Waals surface area contributed by atoms with E-state index in [2.05, 4.69) is 0 Å². The van der Waals surface area contributed by atoms with Crippen LogP contribution in [0.1, 0.15) is 23.2 Å². The molecule has 1 fully saturated rings. The van der Waals surface area contributed by atoms with Gasteiger partial charge in [0.25, 0.3) is 5.91 Å². The van der Waals surface area contributed by atoms with Crippen LogP contribution in [0.2, 0.25) is 0 Å². The number of nitrogen functional groups attached to an aromatic ring is 1. The van der Waals surface area contributed by atoms with Crippen molar-refractivity contribution in [3.05, 3.63) is 23.8 Å². The number of ether oxygens (including phenoxy) is 2. The molecule has 0 spiro atoms. The highest BCUT2D eigenvalue weighted by Crippen LogP contribution is 2.23. The summed E-state index contributed by atoms with van der Waals surface area (Å²) in [6, 6.07) is 5.37. The number of rotatable bonds is 3. The molecular weight excluding hydrogens is 244 g/mol. The lowest BCUT2D eigenvalue weighted by Gasteiger charge is -2.31. The molecule has 0 radical (unpaired) electrons. The quantitative estimate of drug-likeness (QED) is 0.841. The van der Waals surface area contributed by atoms with E-state index in [9.17, 15) is 4.79 Å². The average Bonchev–Trinajstić information content (AvgIpc) is 2.46. The summed E-state index contributed by atoms with van der Waals surface area (Å²) in [6.45, 7) is 1.43. The molecule has 0 atom stereocenters. The first-order chi connectivity index (χ1) is 9.13. The maximum absolute atomic E-state index is 12.4. The molecule has 2 N–H and O–H groups in total. The second kappa shape index (κ2) is 5.93. The number of benzene rings is 1. The Balaban J connectivity index is 2.12. The van der Waals surface area contributed by atoms with Crippen LogP contribution in [0.25, 0.3) is 0 Å². The first-order valence-corrected chi connectivity index (χ1v) is 6.42. The summed E-state index contributed by atoms with van der Waals surface area (Å²) >= 11 is 0. The first kappa shape index (κ1) is 13.7. The lowest BCUT2D eigenvalue weighted by Crippen LogP contribution is -2.40. The summed E-state index contributed by atoms with van der Waals surface area (Å²) < 4.78 is 10.4. The lowest BCUT2D eigenvalue weighted by molar-refractivity contribution is 0.0362. The van der Waals surface area contributed by atoms with Crippen molar-refractivity contribution in [2.75, 3.05) is 33.1 Å². The molecule has 0 unspecified atom stereocenters. The minimum atomic E-state index is -0.0127. The maximum atomic E-state index is 12.4. The van der Waals surface area contributed by atoms with Crippen LogP contribution in [0.15, 0.2) is 18.2 Å². The maximum Gasteiger partial charge on any atom is 0.253 e. The van der Waals surface area contributed by atoms with E-state index in [4.69, 9.17) is 15.2 Å². The summed E-state index contributed by atoms with van der Waals surface area (Å²) in [7, 11) is 3.39. The van der Waals surface area contributed by atoms with Crippen LogP contribution in [-0.2, 0) is 4.74 Å². The normalized spacial score (nSPS) is 16.1. The number of anilines is 1. The van der Waals surface area contributed by atoms with Gasteiger partial charge in [-0.3, -0.25) is 4.79 Å². The van der Waals surface area contributed by atoms with Gasteiger partial charge in [-0.05, 0) is 31.0 Å². The molecule has 1 aromatic rings. The van der Waals surface area contributed by atoms with E-state index < -0.39 is 0 Å². The van der Waals surface area contributed by atoms with Crippen molar-refractivity contribution >= 4 is 11.6 Å². The van der Waals surface area contributed by atoms with E-state index >= 15 is 0 Å². The van der Waals surface area contributed by atoms with Crippen LogP contribution in [0.5, 0.6) is 5.75 Å². The van der Waals surface area contributed by atoms with E-state index in [1.807, 2.05) is 7.05 Å². The van der Waals surface area contributed by atoms with Crippen LogP contribution < -0.4 is 10.5 Å². The third-order valence-corrected chi connectivity index (χ3v) is 3.54. The predicted octanol–water partition coefficient (Wildman–Crippen LogP) is 1.53. The van der Waals surface area contributed by atoms with E-state index in [1.165, 1.54) is 0 Å². The van der Waals surface area contributed by atoms with Gasteiger partial charge in [-0.15, -0.1) is 0 Å². The summed E-state index contributed by atoms with van der Waals surface area (Å²) in [4.78, 5) is 14.2. The van der Waals surface area contributed by atoms with Crippen molar-refractivity contribution in [1.82, 2.24) is 4.90 Å². The van der Waals surface area contributed by atoms with Gasteiger partial charge in [-0.25, -0.2) is 0 Å². The molecule has 5 nitrogen and oxygen atoms in total. The molecule has 0 aliphatic carbocycles. The van der Waals surface area contributed by atoms with Crippen molar-refractivity contribution in [3.8, 4) is 5.75 Å². The van der Waals surface area contributed by atoms with Crippen molar-refractivity contribution in [1.29, 1.82) is 0 Å². The van der Waals surface area contributed by atoms with Gasteiger partial charge in [-0.1, -0.05) is 0 Å². The molecule has 1 aliphatic rings. The monoisotopic (exact) mass is 264 g/mol. The number of carbonyl (C=O) groups excluding carboxylic acids is 1. The third-order valence-electron chi connectivity index (χ3n) is 3.54. The average molecular weight is 264 g/mol. The zero-order valence-corrected chi connectivity index (χ0v) is 11.4. The second-order valence-corrected chi connectivity index (χ2v) is 4.72. The molecule has 1 amide bonds. The molecule has 104 valence electrons. The molecule has 1 heterocycles. The Morgan fingerprint density at radius 3 is 2.68 bits per heavy atom. The third kappa shape index (κ3) is 2.98. The Morgan fingerprint density at radius 1 is 1.42 bits per heavy atom. The van der Waals surface area contributed by atoms with Gasteiger partial charge in [0.1, 0.15) is 5.75 Å². The van der Waals surface area contributed by atoms with Gasteiger partial charge in [0.05, 0.1) is 12.8 Å². The van der Waals surface area contributed by atoms with Crippen molar-refractivity contribution < 1.29 is 14.3 Å². The number of nitrogens with two attached hydrogens (primary N) is 1. The van der Waals surface area contributed by atoms with Gasteiger partial charge in [0.15, 0.2) is 0 Å². The highest BCUT2D eigenvalue weighted by Gasteiger charge is 2.23. The SMILES string of the molecule is COc1ccc(C(=O)N(C)C2CCOCC2)cc1N. The van der Waals surface area contributed by atoms with Crippen molar-refractivity contribution in [2.24, 2.45) is 0 Å². The number of amides is 1. The number of methoxy groups -OCH3 is 1. The number of carbonyl (C=O) groups is 1. The second-order valence-electron chi connectivity index (χ2n) is 4.72. The minimum absolute atomic E-state index is 0.0127. The molecule has 0 saturated carbocycles. The zero-order chi connectivity index (χ0) is 13.8. The fraction of sp³-hybridized carbons (Fsp3) is 0.500. The van der Waals surface area contributed by atoms with Gasteiger partial charge in [0.2, 0.25) is 0 Å². The molecule has 1 aromatic carbocycles. The fourth-order valence-electron chi connectivity index (χ4n) is 2.31. The topological polar surface area (TPSA) is 64.8 Å².